The lowest BCUT2D eigenvalue weighted by atomic mass is 10.1. The number of pyridine rings is 1. The van der Waals surface area contributed by atoms with E-state index in [1.165, 1.54) is 19.2 Å². The van der Waals surface area contributed by atoms with Crippen LogP contribution < -0.4 is 5.73 Å². The molecule has 3 N–H and O–H groups in total. The standard InChI is InChI=1S/C8H10N2O2/c1-5(11)7-6(8(9)12)3-2-4-10-7/h2-5,11H,1H3,(H2,9,12). The van der Waals surface area contributed by atoms with Crippen molar-refractivity contribution in [3.8, 4) is 0 Å². The quantitative estimate of drug-likeness (QED) is 0.660. The predicted molar refractivity (Wildman–Crippen MR) is 43.4 cm³/mol. The van der Waals surface area contributed by atoms with Crippen molar-refractivity contribution in [3.05, 3.63) is 29.6 Å². The first-order chi connectivity index (χ1) is 5.63. The maximum Gasteiger partial charge on any atom is 0.250 e. The van der Waals surface area contributed by atoms with E-state index in [0.29, 0.717) is 5.69 Å². The topological polar surface area (TPSA) is 76.2 Å². The first kappa shape index (κ1) is 8.67. The molecule has 1 atom stereocenters. The third-order valence-electron chi connectivity index (χ3n) is 1.50. The summed E-state index contributed by atoms with van der Waals surface area (Å²) in [5, 5.41) is 9.18. The van der Waals surface area contributed by atoms with Crippen LogP contribution >= 0.6 is 0 Å². The summed E-state index contributed by atoms with van der Waals surface area (Å²) in [5.74, 6) is -0.570. The van der Waals surface area contributed by atoms with Crippen LogP contribution in [0.1, 0.15) is 29.1 Å². The van der Waals surface area contributed by atoms with Crippen LogP contribution in [0.15, 0.2) is 18.3 Å². The van der Waals surface area contributed by atoms with Crippen molar-refractivity contribution in [1.29, 1.82) is 0 Å². The van der Waals surface area contributed by atoms with Gasteiger partial charge in [-0.25, -0.2) is 0 Å². The Balaban J connectivity index is 3.17. The smallest absolute Gasteiger partial charge is 0.250 e. The number of aliphatic hydroxyl groups excluding tert-OH is 1. The van der Waals surface area contributed by atoms with E-state index < -0.39 is 12.0 Å². The molecule has 0 aromatic carbocycles. The Morgan fingerprint density at radius 1 is 1.75 bits per heavy atom. The third kappa shape index (κ3) is 1.60. The molecule has 0 saturated carbocycles. The third-order valence-corrected chi connectivity index (χ3v) is 1.50. The van der Waals surface area contributed by atoms with Crippen LogP contribution in [0.2, 0.25) is 0 Å². The SMILES string of the molecule is CC(O)c1ncccc1C(N)=O. The largest absolute Gasteiger partial charge is 0.387 e. The highest BCUT2D eigenvalue weighted by Crippen LogP contribution is 2.13. The Hall–Kier alpha value is -1.42. The number of primary amides is 1. The molecule has 0 aliphatic carbocycles. The number of hydrogen-bond donors (Lipinski definition) is 2. The summed E-state index contributed by atoms with van der Waals surface area (Å²) in [6, 6.07) is 3.14. The molecule has 4 heteroatoms. The van der Waals surface area contributed by atoms with Gasteiger partial charge in [-0.15, -0.1) is 0 Å². The minimum Gasteiger partial charge on any atom is -0.387 e. The lowest BCUT2D eigenvalue weighted by Crippen LogP contribution is -2.15. The zero-order chi connectivity index (χ0) is 9.14. The second kappa shape index (κ2) is 3.32. The maximum atomic E-state index is 10.8. The van der Waals surface area contributed by atoms with E-state index >= 15 is 0 Å². The van der Waals surface area contributed by atoms with Crippen LogP contribution in [0.3, 0.4) is 0 Å². The Kier molecular flexibility index (Phi) is 2.40. The summed E-state index contributed by atoms with van der Waals surface area (Å²) in [6.07, 6.45) is 0.739. The van der Waals surface area contributed by atoms with Crippen molar-refractivity contribution in [3.63, 3.8) is 0 Å². The lowest BCUT2D eigenvalue weighted by molar-refractivity contribution is 0.0992. The van der Waals surface area contributed by atoms with Crippen molar-refractivity contribution in [2.75, 3.05) is 0 Å². The van der Waals surface area contributed by atoms with Gasteiger partial charge in [-0.1, -0.05) is 0 Å². The first-order valence-electron chi connectivity index (χ1n) is 3.55. The lowest BCUT2D eigenvalue weighted by Gasteiger charge is -2.06. The number of rotatable bonds is 2. The van der Waals surface area contributed by atoms with Crippen molar-refractivity contribution in [2.45, 2.75) is 13.0 Å². The Morgan fingerprint density at radius 3 is 2.83 bits per heavy atom. The van der Waals surface area contributed by atoms with E-state index in [0.717, 1.165) is 0 Å². The minimum absolute atomic E-state index is 0.271. The molecule has 1 aromatic rings. The van der Waals surface area contributed by atoms with Gasteiger partial charge in [0.1, 0.15) is 0 Å². The van der Waals surface area contributed by atoms with E-state index in [1.54, 1.807) is 6.07 Å². The number of nitrogens with two attached hydrogens (primary N) is 1. The van der Waals surface area contributed by atoms with Crippen LogP contribution in [-0.4, -0.2) is 16.0 Å². The zero-order valence-electron chi connectivity index (χ0n) is 6.69. The normalized spacial score (nSPS) is 12.5. The molecule has 1 rings (SSSR count). The van der Waals surface area contributed by atoms with Gasteiger partial charge in [0, 0.05) is 6.20 Å². The molecule has 1 unspecified atom stereocenters. The van der Waals surface area contributed by atoms with Crippen molar-refractivity contribution in [1.82, 2.24) is 4.98 Å². The summed E-state index contributed by atoms with van der Waals surface area (Å²) in [7, 11) is 0. The van der Waals surface area contributed by atoms with Crippen LogP contribution in [0.5, 0.6) is 0 Å². The molecular formula is C8H10N2O2. The summed E-state index contributed by atoms with van der Waals surface area (Å²) >= 11 is 0. The molecule has 0 saturated heterocycles. The fourth-order valence-corrected chi connectivity index (χ4v) is 0.959. The van der Waals surface area contributed by atoms with Gasteiger partial charge in [0.25, 0.3) is 5.91 Å². The molecular weight excluding hydrogens is 156 g/mol. The van der Waals surface area contributed by atoms with E-state index in [1.807, 2.05) is 0 Å². The summed E-state index contributed by atoms with van der Waals surface area (Å²) in [6.45, 7) is 1.54. The number of aliphatic hydroxyl groups is 1. The number of aromatic nitrogens is 1. The molecule has 0 aliphatic heterocycles. The predicted octanol–water partition coefficient (Wildman–Crippen LogP) is 0.234. The van der Waals surface area contributed by atoms with Crippen molar-refractivity contribution in [2.24, 2.45) is 5.73 Å². The Bertz CT molecular complexity index is 297. The van der Waals surface area contributed by atoms with Crippen LogP contribution in [0, 0.1) is 0 Å². The molecule has 1 aromatic heterocycles. The highest BCUT2D eigenvalue weighted by molar-refractivity contribution is 5.93. The van der Waals surface area contributed by atoms with Gasteiger partial charge < -0.3 is 10.8 Å². The number of carbonyl (C=O) groups excluding carboxylic acids is 1. The van der Waals surface area contributed by atoms with Gasteiger partial charge in [0.15, 0.2) is 0 Å². The monoisotopic (exact) mass is 166 g/mol. The highest BCUT2D eigenvalue weighted by atomic mass is 16.3. The Morgan fingerprint density at radius 2 is 2.42 bits per heavy atom. The van der Waals surface area contributed by atoms with Crippen molar-refractivity contribution >= 4 is 5.91 Å². The molecule has 0 aliphatic rings. The van der Waals surface area contributed by atoms with E-state index in [4.69, 9.17) is 5.73 Å². The van der Waals surface area contributed by atoms with Gasteiger partial charge in [-0.3, -0.25) is 9.78 Å². The zero-order valence-corrected chi connectivity index (χ0v) is 6.69. The van der Waals surface area contributed by atoms with E-state index in [-0.39, 0.29) is 5.56 Å². The number of carbonyl (C=O) groups is 1. The fraction of sp³-hybridized carbons (Fsp3) is 0.250. The van der Waals surface area contributed by atoms with Gasteiger partial charge >= 0.3 is 0 Å². The number of nitrogens with zero attached hydrogens (tertiary/aromatic N) is 1. The Labute approximate surface area is 70.0 Å². The first-order valence-corrected chi connectivity index (χ1v) is 3.55. The number of amides is 1. The summed E-state index contributed by atoms with van der Waals surface area (Å²) < 4.78 is 0. The molecule has 0 radical (unpaired) electrons. The fourth-order valence-electron chi connectivity index (χ4n) is 0.959. The highest BCUT2D eigenvalue weighted by Gasteiger charge is 2.12. The molecule has 1 heterocycles. The molecule has 12 heavy (non-hydrogen) atoms. The second-order valence-corrected chi connectivity index (χ2v) is 2.48. The van der Waals surface area contributed by atoms with Crippen LogP contribution in [-0.2, 0) is 0 Å². The van der Waals surface area contributed by atoms with Gasteiger partial charge in [-0.2, -0.15) is 0 Å². The molecule has 4 nitrogen and oxygen atoms in total. The maximum absolute atomic E-state index is 10.8. The summed E-state index contributed by atoms with van der Waals surface area (Å²) in [4.78, 5) is 14.6. The molecule has 0 spiro atoms. The van der Waals surface area contributed by atoms with Gasteiger partial charge in [-0.05, 0) is 19.1 Å². The van der Waals surface area contributed by atoms with Gasteiger partial charge in [0.05, 0.1) is 17.4 Å². The van der Waals surface area contributed by atoms with Crippen LogP contribution in [0.25, 0.3) is 0 Å². The number of hydrogen-bond acceptors (Lipinski definition) is 3. The molecule has 0 bridgehead atoms. The average Bonchev–Trinajstić information content (AvgIpc) is 2.04. The molecule has 0 fully saturated rings. The summed E-state index contributed by atoms with van der Waals surface area (Å²) in [5.41, 5.74) is 5.66. The minimum atomic E-state index is -0.770. The van der Waals surface area contributed by atoms with Crippen molar-refractivity contribution < 1.29 is 9.90 Å². The molecule has 64 valence electrons. The average molecular weight is 166 g/mol. The second-order valence-electron chi connectivity index (χ2n) is 2.48. The van der Waals surface area contributed by atoms with Gasteiger partial charge in [0.2, 0.25) is 0 Å². The molecule has 1 amide bonds. The van der Waals surface area contributed by atoms with Crippen LogP contribution in [0.4, 0.5) is 0 Å². The van der Waals surface area contributed by atoms with E-state index in [2.05, 4.69) is 4.98 Å². The van der Waals surface area contributed by atoms with E-state index in [9.17, 15) is 9.90 Å².